The lowest BCUT2D eigenvalue weighted by molar-refractivity contribution is 0.258. The molecule has 1 aromatic carbocycles. The molecule has 0 spiro atoms. The Morgan fingerprint density at radius 1 is 1.33 bits per heavy atom. The maximum atomic E-state index is 11.4. The lowest BCUT2D eigenvalue weighted by atomic mass is 9.95. The lowest BCUT2D eigenvalue weighted by Crippen LogP contribution is -2.11. The Labute approximate surface area is 114 Å². The fraction of sp³-hybridized carbons (Fsp3) is 0.538. The van der Waals surface area contributed by atoms with Crippen LogP contribution in [0.15, 0.2) is 24.3 Å². The van der Waals surface area contributed by atoms with E-state index in [0.29, 0.717) is 17.9 Å². The second-order valence-corrected chi connectivity index (χ2v) is 7.16. The highest BCUT2D eigenvalue weighted by molar-refractivity contribution is 7.91. The average Bonchev–Trinajstić information content (AvgIpc) is 2.36. The molecule has 0 saturated carbocycles. The first-order valence-electron chi connectivity index (χ1n) is 6.06. The van der Waals surface area contributed by atoms with Gasteiger partial charge in [0.1, 0.15) is 9.84 Å². The summed E-state index contributed by atoms with van der Waals surface area (Å²) in [5.41, 5.74) is 0.885. The topological polar surface area (TPSA) is 54.4 Å². The summed E-state index contributed by atoms with van der Waals surface area (Å²) in [6, 6.07) is 7.36. The average molecular weight is 291 g/mol. The molecule has 1 N–H and O–H groups in total. The number of aliphatic hydroxyl groups excluding tert-OH is 1. The van der Waals surface area contributed by atoms with Crippen LogP contribution in [-0.2, 0) is 9.84 Å². The van der Waals surface area contributed by atoms with E-state index in [4.69, 9.17) is 11.6 Å². The standard InChI is InChI=1S/C13H19ClO3S/c1-2-18(16,17)9-5-6-11(10-15)12-7-3-4-8-13(12)14/h3-4,7-8,11,15H,2,5-6,9-10H2,1H3. The molecule has 5 heteroatoms. The number of benzene rings is 1. The summed E-state index contributed by atoms with van der Waals surface area (Å²) in [6.45, 7) is 1.63. The number of aliphatic hydroxyl groups is 1. The van der Waals surface area contributed by atoms with Crippen molar-refractivity contribution >= 4 is 21.4 Å². The second-order valence-electron chi connectivity index (χ2n) is 4.28. The number of halogens is 1. The molecule has 0 fully saturated rings. The zero-order chi connectivity index (χ0) is 13.6. The van der Waals surface area contributed by atoms with Gasteiger partial charge in [-0.15, -0.1) is 0 Å². The van der Waals surface area contributed by atoms with Gasteiger partial charge in [0.2, 0.25) is 0 Å². The molecular weight excluding hydrogens is 272 g/mol. The fourth-order valence-electron chi connectivity index (χ4n) is 1.85. The summed E-state index contributed by atoms with van der Waals surface area (Å²) in [6.07, 6.45) is 1.17. The first-order chi connectivity index (χ1) is 8.50. The summed E-state index contributed by atoms with van der Waals surface area (Å²) < 4.78 is 22.8. The van der Waals surface area contributed by atoms with Gasteiger partial charge in [0.15, 0.2) is 0 Å². The van der Waals surface area contributed by atoms with Gasteiger partial charge in [0, 0.05) is 23.3 Å². The van der Waals surface area contributed by atoms with Gasteiger partial charge in [-0.1, -0.05) is 36.7 Å². The molecule has 3 nitrogen and oxygen atoms in total. The normalized spacial score (nSPS) is 13.5. The van der Waals surface area contributed by atoms with Gasteiger partial charge < -0.3 is 5.11 Å². The fourth-order valence-corrected chi connectivity index (χ4v) is 3.03. The molecule has 0 aliphatic heterocycles. The van der Waals surface area contributed by atoms with E-state index in [9.17, 15) is 13.5 Å². The van der Waals surface area contributed by atoms with Crippen LogP contribution in [-0.4, -0.2) is 31.6 Å². The van der Waals surface area contributed by atoms with Crippen LogP contribution in [0.1, 0.15) is 31.2 Å². The third kappa shape index (κ3) is 4.59. The minimum absolute atomic E-state index is 0.0180. The van der Waals surface area contributed by atoms with Gasteiger partial charge in [0.25, 0.3) is 0 Å². The molecule has 0 heterocycles. The Balaban J connectivity index is 2.61. The lowest BCUT2D eigenvalue weighted by Gasteiger charge is -2.15. The largest absolute Gasteiger partial charge is 0.396 e. The summed E-state index contributed by atoms with van der Waals surface area (Å²) in [7, 11) is -2.93. The number of hydrogen-bond acceptors (Lipinski definition) is 3. The van der Waals surface area contributed by atoms with Crippen molar-refractivity contribution in [3.8, 4) is 0 Å². The van der Waals surface area contributed by atoms with Crippen molar-refractivity contribution in [3.63, 3.8) is 0 Å². The summed E-state index contributed by atoms with van der Waals surface area (Å²) in [5.74, 6) is 0.249. The molecule has 1 unspecified atom stereocenters. The number of rotatable bonds is 7. The molecule has 1 atom stereocenters. The van der Waals surface area contributed by atoms with E-state index in [1.54, 1.807) is 13.0 Å². The molecule has 1 aromatic rings. The van der Waals surface area contributed by atoms with E-state index in [1.165, 1.54) is 0 Å². The van der Waals surface area contributed by atoms with Crippen LogP contribution in [0, 0.1) is 0 Å². The SMILES string of the molecule is CCS(=O)(=O)CCCC(CO)c1ccccc1Cl. The first-order valence-corrected chi connectivity index (χ1v) is 8.25. The zero-order valence-electron chi connectivity index (χ0n) is 10.5. The smallest absolute Gasteiger partial charge is 0.150 e. The minimum atomic E-state index is -2.93. The van der Waals surface area contributed by atoms with Gasteiger partial charge in [-0.2, -0.15) is 0 Å². The molecule has 0 amide bonds. The Morgan fingerprint density at radius 2 is 2.00 bits per heavy atom. The molecule has 0 radical (unpaired) electrons. The van der Waals surface area contributed by atoms with Crippen LogP contribution < -0.4 is 0 Å². The van der Waals surface area contributed by atoms with Gasteiger partial charge in [-0.25, -0.2) is 8.42 Å². The van der Waals surface area contributed by atoms with Crippen molar-refractivity contribution in [2.75, 3.05) is 18.1 Å². The zero-order valence-corrected chi connectivity index (χ0v) is 12.0. The van der Waals surface area contributed by atoms with E-state index < -0.39 is 9.84 Å². The highest BCUT2D eigenvalue weighted by atomic mass is 35.5. The maximum Gasteiger partial charge on any atom is 0.150 e. The minimum Gasteiger partial charge on any atom is -0.396 e. The van der Waals surface area contributed by atoms with E-state index in [0.717, 1.165) is 5.56 Å². The Kier molecular flexibility index (Phi) is 6.12. The van der Waals surface area contributed by atoms with Crippen LogP contribution in [0.25, 0.3) is 0 Å². The van der Waals surface area contributed by atoms with Crippen molar-refractivity contribution in [3.05, 3.63) is 34.9 Å². The van der Waals surface area contributed by atoms with Gasteiger partial charge in [0.05, 0.1) is 5.75 Å². The van der Waals surface area contributed by atoms with Gasteiger partial charge >= 0.3 is 0 Å². The van der Waals surface area contributed by atoms with E-state index in [2.05, 4.69) is 0 Å². The Hall–Kier alpha value is -0.580. The highest BCUT2D eigenvalue weighted by Gasteiger charge is 2.15. The van der Waals surface area contributed by atoms with E-state index >= 15 is 0 Å². The van der Waals surface area contributed by atoms with Crippen molar-refractivity contribution in [2.24, 2.45) is 0 Å². The van der Waals surface area contributed by atoms with Crippen molar-refractivity contribution in [1.82, 2.24) is 0 Å². The third-order valence-corrected chi connectivity index (χ3v) is 5.15. The monoisotopic (exact) mass is 290 g/mol. The Bertz CT molecular complexity index is 471. The molecule has 102 valence electrons. The van der Waals surface area contributed by atoms with E-state index in [-0.39, 0.29) is 24.0 Å². The van der Waals surface area contributed by atoms with Crippen LogP contribution in [0.5, 0.6) is 0 Å². The van der Waals surface area contributed by atoms with Gasteiger partial charge in [-0.3, -0.25) is 0 Å². The molecular formula is C13H19ClO3S. The molecule has 0 aliphatic rings. The summed E-state index contributed by atoms with van der Waals surface area (Å²) >= 11 is 6.06. The van der Waals surface area contributed by atoms with Crippen molar-refractivity contribution in [1.29, 1.82) is 0 Å². The van der Waals surface area contributed by atoms with Crippen molar-refractivity contribution < 1.29 is 13.5 Å². The van der Waals surface area contributed by atoms with Crippen LogP contribution in [0.2, 0.25) is 5.02 Å². The van der Waals surface area contributed by atoms with Crippen LogP contribution in [0.3, 0.4) is 0 Å². The molecule has 18 heavy (non-hydrogen) atoms. The second kappa shape index (κ2) is 7.12. The first kappa shape index (κ1) is 15.5. The maximum absolute atomic E-state index is 11.4. The van der Waals surface area contributed by atoms with Crippen LogP contribution >= 0.6 is 11.6 Å². The predicted octanol–water partition coefficient (Wildman–Crippen LogP) is 2.63. The Morgan fingerprint density at radius 3 is 2.56 bits per heavy atom. The molecule has 1 rings (SSSR count). The predicted molar refractivity (Wildman–Crippen MR) is 74.8 cm³/mol. The number of hydrogen-bond donors (Lipinski definition) is 1. The van der Waals surface area contributed by atoms with Crippen molar-refractivity contribution in [2.45, 2.75) is 25.7 Å². The quantitative estimate of drug-likeness (QED) is 0.840. The summed E-state index contributed by atoms with van der Waals surface area (Å²) in [5, 5.41) is 10.0. The molecule has 0 bridgehead atoms. The molecule has 0 saturated heterocycles. The van der Waals surface area contributed by atoms with Gasteiger partial charge in [-0.05, 0) is 24.5 Å². The van der Waals surface area contributed by atoms with E-state index in [1.807, 2.05) is 18.2 Å². The highest BCUT2D eigenvalue weighted by Crippen LogP contribution is 2.27. The van der Waals surface area contributed by atoms with Crippen LogP contribution in [0.4, 0.5) is 0 Å². The molecule has 0 aromatic heterocycles. The summed E-state index contributed by atoms with van der Waals surface area (Å²) in [4.78, 5) is 0. The number of sulfone groups is 1. The third-order valence-electron chi connectivity index (χ3n) is 3.01. The molecule has 0 aliphatic carbocycles.